The summed E-state index contributed by atoms with van der Waals surface area (Å²) >= 11 is 0. The average molecular weight is 514 g/mol. The molecular formula is C32H39N3O3. The van der Waals surface area contributed by atoms with E-state index in [0.29, 0.717) is 12.5 Å². The summed E-state index contributed by atoms with van der Waals surface area (Å²) in [6.07, 6.45) is 1.95. The number of ether oxygens (including phenoxy) is 2. The second-order valence-electron chi connectivity index (χ2n) is 10.6. The molecule has 0 spiro atoms. The van der Waals surface area contributed by atoms with Crippen molar-refractivity contribution in [2.75, 3.05) is 34.9 Å². The minimum absolute atomic E-state index is 0.104. The van der Waals surface area contributed by atoms with E-state index < -0.39 is 0 Å². The van der Waals surface area contributed by atoms with E-state index in [-0.39, 0.29) is 30.0 Å². The van der Waals surface area contributed by atoms with Gasteiger partial charge in [0.1, 0.15) is 11.5 Å². The molecule has 3 fully saturated rings. The fourth-order valence-corrected chi connectivity index (χ4v) is 6.56. The molecule has 0 saturated carbocycles. The largest absolute Gasteiger partial charge is 0.497 e. The van der Waals surface area contributed by atoms with Gasteiger partial charge < -0.3 is 19.7 Å². The molecule has 1 N–H and O–H groups in total. The zero-order valence-electron chi connectivity index (χ0n) is 22.8. The van der Waals surface area contributed by atoms with E-state index >= 15 is 0 Å². The van der Waals surface area contributed by atoms with Crippen molar-refractivity contribution in [1.82, 2.24) is 15.1 Å². The molecule has 200 valence electrons. The third-order valence-corrected chi connectivity index (χ3v) is 8.34. The van der Waals surface area contributed by atoms with E-state index in [9.17, 15) is 4.79 Å². The Kier molecular flexibility index (Phi) is 8.01. The number of benzene rings is 3. The van der Waals surface area contributed by atoms with Crippen molar-refractivity contribution < 1.29 is 14.3 Å². The van der Waals surface area contributed by atoms with Crippen LogP contribution >= 0.6 is 0 Å². The van der Waals surface area contributed by atoms with Crippen LogP contribution < -0.4 is 14.8 Å². The van der Waals surface area contributed by atoms with Gasteiger partial charge in [0.25, 0.3) is 0 Å². The Hall–Kier alpha value is -3.35. The van der Waals surface area contributed by atoms with E-state index in [4.69, 9.17) is 9.47 Å². The third kappa shape index (κ3) is 5.16. The quantitative estimate of drug-likeness (QED) is 0.455. The lowest BCUT2D eigenvalue weighted by Crippen LogP contribution is -2.69. The number of rotatable bonds is 9. The van der Waals surface area contributed by atoms with Gasteiger partial charge in [0, 0.05) is 44.2 Å². The standard InChI is InChI=1S/C32H39N3O3/c1-34(2)32(36)27-20-24-17-18-35(27)31(29(22-11-7-5-8-12-22)23-13-9-6-10-14-23)30(24)33-21-25-19-26(37-3)15-16-28(25)38-4/h5-16,19,24,27,29-31,33H,17-18,20-21H2,1-4H3/t24-,27-,30-,31-/m1/s1. The van der Waals surface area contributed by atoms with E-state index in [1.54, 1.807) is 19.1 Å². The Morgan fingerprint density at radius 3 is 2.21 bits per heavy atom. The SMILES string of the molecule is COc1ccc(OC)c(CN[C@@H]2[C@@H]3CCN([C@@H](C(=O)N(C)C)C3)[C@@H]2C(c2ccccc2)c2ccccc2)c1. The zero-order chi connectivity index (χ0) is 26.6. The summed E-state index contributed by atoms with van der Waals surface area (Å²) in [6, 6.07) is 27.7. The van der Waals surface area contributed by atoms with Crippen molar-refractivity contribution in [2.45, 2.75) is 43.4 Å². The summed E-state index contributed by atoms with van der Waals surface area (Å²) in [5.74, 6) is 2.39. The number of nitrogens with one attached hydrogen (secondary N) is 1. The first-order valence-corrected chi connectivity index (χ1v) is 13.5. The maximum absolute atomic E-state index is 13.4. The van der Waals surface area contributed by atoms with E-state index in [0.717, 1.165) is 36.4 Å². The molecule has 0 aromatic heterocycles. The molecule has 0 aliphatic carbocycles. The van der Waals surface area contributed by atoms with Crippen LogP contribution in [0.3, 0.4) is 0 Å². The van der Waals surface area contributed by atoms with Gasteiger partial charge in [-0.2, -0.15) is 0 Å². The van der Waals surface area contributed by atoms with Crippen LogP contribution in [0.2, 0.25) is 0 Å². The minimum atomic E-state index is -0.104. The summed E-state index contributed by atoms with van der Waals surface area (Å²) < 4.78 is 11.2. The average Bonchev–Trinajstić information content (AvgIpc) is 2.97. The molecule has 1 amide bonds. The molecule has 0 radical (unpaired) electrons. The zero-order valence-corrected chi connectivity index (χ0v) is 22.8. The lowest BCUT2D eigenvalue weighted by molar-refractivity contribution is -0.143. The van der Waals surface area contributed by atoms with Crippen LogP contribution in [0.25, 0.3) is 0 Å². The molecule has 3 aliphatic rings. The number of methoxy groups -OCH3 is 2. The number of carbonyl (C=O) groups excluding carboxylic acids is 1. The Morgan fingerprint density at radius 2 is 1.63 bits per heavy atom. The Balaban J connectivity index is 1.55. The van der Waals surface area contributed by atoms with Crippen LogP contribution in [0.1, 0.15) is 35.4 Å². The minimum Gasteiger partial charge on any atom is -0.497 e. The smallest absolute Gasteiger partial charge is 0.239 e. The normalized spacial score (nSPS) is 24.3. The second kappa shape index (κ2) is 11.6. The van der Waals surface area contributed by atoms with E-state index in [2.05, 4.69) is 70.9 Å². The van der Waals surface area contributed by atoms with Gasteiger partial charge in [0.15, 0.2) is 0 Å². The molecule has 6 heteroatoms. The van der Waals surface area contributed by atoms with Gasteiger partial charge in [0.05, 0.1) is 20.3 Å². The van der Waals surface area contributed by atoms with E-state index in [1.165, 1.54) is 11.1 Å². The van der Waals surface area contributed by atoms with Gasteiger partial charge in [-0.05, 0) is 54.6 Å². The molecule has 3 heterocycles. The first-order chi connectivity index (χ1) is 18.5. The number of nitrogens with zero attached hydrogens (tertiary/aromatic N) is 2. The number of likely N-dealkylation sites (N-methyl/N-ethyl adjacent to an activating group) is 1. The van der Waals surface area contributed by atoms with Crippen molar-refractivity contribution in [3.05, 3.63) is 95.6 Å². The maximum Gasteiger partial charge on any atom is 0.239 e. The molecule has 6 nitrogen and oxygen atoms in total. The van der Waals surface area contributed by atoms with Crippen LogP contribution in [0.5, 0.6) is 11.5 Å². The van der Waals surface area contributed by atoms with Gasteiger partial charge in [-0.15, -0.1) is 0 Å². The van der Waals surface area contributed by atoms with Gasteiger partial charge in [-0.3, -0.25) is 9.69 Å². The molecule has 3 saturated heterocycles. The fourth-order valence-electron chi connectivity index (χ4n) is 6.56. The predicted molar refractivity (Wildman–Crippen MR) is 151 cm³/mol. The van der Waals surface area contributed by atoms with Crippen molar-refractivity contribution in [3.63, 3.8) is 0 Å². The Labute approximate surface area is 226 Å². The molecule has 1 unspecified atom stereocenters. The predicted octanol–water partition coefficient (Wildman–Crippen LogP) is 4.55. The fraction of sp³-hybridized carbons (Fsp3) is 0.406. The van der Waals surface area contributed by atoms with E-state index in [1.807, 2.05) is 32.3 Å². The molecule has 3 aliphatic heterocycles. The summed E-state index contributed by atoms with van der Waals surface area (Å²) in [4.78, 5) is 17.7. The van der Waals surface area contributed by atoms with Crippen molar-refractivity contribution in [1.29, 1.82) is 0 Å². The first kappa shape index (κ1) is 26.3. The third-order valence-electron chi connectivity index (χ3n) is 8.34. The number of hydrogen-bond acceptors (Lipinski definition) is 5. The highest BCUT2D eigenvalue weighted by molar-refractivity contribution is 5.82. The van der Waals surface area contributed by atoms with Crippen molar-refractivity contribution >= 4 is 5.91 Å². The molecule has 2 bridgehead atoms. The van der Waals surface area contributed by atoms with Gasteiger partial charge in [-0.1, -0.05) is 60.7 Å². The number of carbonyl (C=O) groups is 1. The molecular weight excluding hydrogens is 474 g/mol. The highest BCUT2D eigenvalue weighted by Gasteiger charge is 2.52. The summed E-state index contributed by atoms with van der Waals surface area (Å²) in [5, 5.41) is 3.95. The topological polar surface area (TPSA) is 54.0 Å². The molecule has 3 aromatic carbocycles. The summed E-state index contributed by atoms with van der Waals surface area (Å²) in [6.45, 7) is 1.59. The number of amides is 1. The second-order valence-corrected chi connectivity index (χ2v) is 10.6. The number of hydrogen-bond donors (Lipinski definition) is 1. The van der Waals surface area contributed by atoms with Gasteiger partial charge in [-0.25, -0.2) is 0 Å². The Bertz CT molecular complexity index is 1180. The first-order valence-electron chi connectivity index (χ1n) is 13.5. The lowest BCUT2D eigenvalue weighted by atomic mass is 9.68. The highest BCUT2D eigenvalue weighted by Crippen LogP contribution is 2.45. The monoisotopic (exact) mass is 513 g/mol. The number of piperidine rings is 3. The Morgan fingerprint density at radius 1 is 0.974 bits per heavy atom. The summed E-state index contributed by atoms with van der Waals surface area (Å²) in [7, 11) is 7.14. The molecule has 38 heavy (non-hydrogen) atoms. The summed E-state index contributed by atoms with van der Waals surface area (Å²) in [5.41, 5.74) is 3.62. The van der Waals surface area contributed by atoms with Crippen molar-refractivity contribution in [2.24, 2.45) is 5.92 Å². The molecule has 3 aromatic rings. The van der Waals surface area contributed by atoms with Crippen LogP contribution in [0.4, 0.5) is 0 Å². The van der Waals surface area contributed by atoms with Crippen molar-refractivity contribution in [3.8, 4) is 11.5 Å². The lowest BCUT2D eigenvalue weighted by Gasteiger charge is -2.57. The maximum atomic E-state index is 13.4. The van der Waals surface area contributed by atoms with Crippen LogP contribution in [0.15, 0.2) is 78.9 Å². The van der Waals surface area contributed by atoms with Crippen LogP contribution in [-0.2, 0) is 11.3 Å². The highest BCUT2D eigenvalue weighted by atomic mass is 16.5. The van der Waals surface area contributed by atoms with Crippen LogP contribution in [0, 0.1) is 5.92 Å². The van der Waals surface area contributed by atoms with Gasteiger partial charge >= 0.3 is 0 Å². The van der Waals surface area contributed by atoms with Crippen LogP contribution in [-0.4, -0.2) is 68.7 Å². The molecule has 6 rings (SSSR count). The van der Waals surface area contributed by atoms with Gasteiger partial charge in [0.2, 0.25) is 5.91 Å². The number of fused-ring (bicyclic) bond motifs is 3. The molecule has 5 atom stereocenters.